The number of carbonyl (C=O) groups is 1. The highest BCUT2D eigenvalue weighted by Crippen LogP contribution is 2.32. The fourth-order valence-electron chi connectivity index (χ4n) is 3.99. The molecular weight excluding hydrogens is 440 g/mol. The van der Waals surface area contributed by atoms with Gasteiger partial charge in [0.15, 0.2) is 5.75 Å². The molecule has 0 saturated carbocycles. The Kier molecular flexibility index (Phi) is 8.15. The first-order valence-corrected chi connectivity index (χ1v) is 11.8. The molecule has 0 unspecified atom stereocenters. The number of methoxy groups -OCH3 is 1. The molecule has 0 aliphatic carbocycles. The summed E-state index contributed by atoms with van der Waals surface area (Å²) in [4.78, 5) is 19.4. The molecule has 180 valence electrons. The minimum absolute atomic E-state index is 0.294. The third-order valence-corrected chi connectivity index (χ3v) is 5.77. The molecule has 1 fully saturated rings. The van der Waals surface area contributed by atoms with Crippen LogP contribution in [0, 0.1) is 18.8 Å². The first-order valence-electron chi connectivity index (χ1n) is 11.8. The van der Waals surface area contributed by atoms with E-state index in [1.165, 1.54) is 12.7 Å². The van der Waals surface area contributed by atoms with E-state index in [0.717, 1.165) is 49.5 Å². The van der Waals surface area contributed by atoms with Crippen molar-refractivity contribution >= 4 is 5.97 Å². The van der Waals surface area contributed by atoms with Gasteiger partial charge < -0.3 is 14.2 Å². The summed E-state index contributed by atoms with van der Waals surface area (Å²) < 4.78 is 16.1. The van der Waals surface area contributed by atoms with Crippen molar-refractivity contribution in [3.63, 3.8) is 0 Å². The van der Waals surface area contributed by atoms with Crippen LogP contribution in [-0.4, -0.2) is 55.9 Å². The van der Waals surface area contributed by atoms with Gasteiger partial charge in [0, 0.05) is 42.0 Å². The average Bonchev–Trinajstić information content (AvgIpc) is 2.89. The quantitative estimate of drug-likeness (QED) is 0.391. The van der Waals surface area contributed by atoms with Crippen molar-refractivity contribution in [1.29, 1.82) is 0 Å². The summed E-state index contributed by atoms with van der Waals surface area (Å²) in [5, 5.41) is 0. The number of esters is 1. The molecule has 0 N–H and O–H groups in total. The maximum atomic E-state index is 12.4. The van der Waals surface area contributed by atoms with Crippen LogP contribution in [0.25, 0.3) is 11.3 Å². The molecule has 4 rings (SSSR count). The van der Waals surface area contributed by atoms with E-state index in [1.807, 2.05) is 31.2 Å². The molecule has 0 amide bonds. The predicted molar refractivity (Wildman–Crippen MR) is 135 cm³/mol. The number of aryl methyl sites for hydroxylation is 1. The zero-order chi connectivity index (χ0) is 24.6. The Labute approximate surface area is 206 Å². The van der Waals surface area contributed by atoms with Crippen molar-refractivity contribution in [2.45, 2.75) is 20.4 Å². The number of hydrogen-bond donors (Lipinski definition) is 0. The van der Waals surface area contributed by atoms with E-state index < -0.39 is 5.97 Å². The van der Waals surface area contributed by atoms with Gasteiger partial charge in [0.05, 0.1) is 26.9 Å². The lowest BCUT2D eigenvalue weighted by Gasteiger charge is -2.26. The number of hydrogen-bond acceptors (Lipinski definition) is 6. The molecule has 1 saturated heterocycles. The number of carbonyl (C=O) groups excluding carboxylic acids is 1. The predicted octanol–water partition coefficient (Wildman–Crippen LogP) is 4.47. The third-order valence-electron chi connectivity index (χ3n) is 5.77. The van der Waals surface area contributed by atoms with Crippen molar-refractivity contribution < 1.29 is 19.0 Å². The van der Waals surface area contributed by atoms with Crippen LogP contribution < -0.4 is 4.74 Å². The number of aromatic nitrogens is 1. The molecule has 2 heterocycles. The zero-order valence-corrected chi connectivity index (χ0v) is 20.5. The van der Waals surface area contributed by atoms with Crippen LogP contribution in [0.5, 0.6) is 5.75 Å². The number of morpholine rings is 1. The highest BCUT2D eigenvalue weighted by atomic mass is 16.5. The fraction of sp³-hybridized carbons (Fsp3) is 0.310. The minimum Gasteiger partial charge on any atom is -0.494 e. The summed E-state index contributed by atoms with van der Waals surface area (Å²) in [7, 11) is 1.53. The lowest BCUT2D eigenvalue weighted by Crippen LogP contribution is -2.35. The normalized spacial score (nSPS) is 13.6. The van der Waals surface area contributed by atoms with Crippen molar-refractivity contribution in [3.05, 3.63) is 82.5 Å². The molecule has 1 aliphatic rings. The molecule has 0 atom stereocenters. The Hall–Kier alpha value is -3.66. The molecule has 6 nitrogen and oxygen atoms in total. The van der Waals surface area contributed by atoms with Gasteiger partial charge in [0.2, 0.25) is 0 Å². The number of benzene rings is 2. The van der Waals surface area contributed by atoms with Gasteiger partial charge in [-0.05, 0) is 49.7 Å². The van der Waals surface area contributed by atoms with Crippen LogP contribution in [0.1, 0.15) is 39.7 Å². The second-order valence-corrected chi connectivity index (χ2v) is 8.33. The molecule has 3 aromatic rings. The van der Waals surface area contributed by atoms with Crippen LogP contribution in [0.3, 0.4) is 0 Å². The van der Waals surface area contributed by atoms with Crippen LogP contribution in [0.15, 0.2) is 54.6 Å². The van der Waals surface area contributed by atoms with Crippen LogP contribution in [0.2, 0.25) is 0 Å². The molecule has 0 spiro atoms. The first-order chi connectivity index (χ1) is 17.1. The van der Waals surface area contributed by atoms with Gasteiger partial charge in [-0.3, -0.25) is 4.90 Å². The van der Waals surface area contributed by atoms with Crippen LogP contribution >= 0.6 is 0 Å². The van der Waals surface area contributed by atoms with Crippen LogP contribution in [0.4, 0.5) is 0 Å². The molecule has 1 aliphatic heterocycles. The van der Waals surface area contributed by atoms with Crippen molar-refractivity contribution in [3.8, 4) is 28.8 Å². The highest BCUT2D eigenvalue weighted by Gasteiger charge is 2.20. The molecule has 0 radical (unpaired) electrons. The van der Waals surface area contributed by atoms with Crippen molar-refractivity contribution in [2.75, 3.05) is 40.0 Å². The fourth-order valence-corrected chi connectivity index (χ4v) is 3.99. The third kappa shape index (κ3) is 6.27. The molecule has 2 aromatic carbocycles. The van der Waals surface area contributed by atoms with Gasteiger partial charge >= 0.3 is 5.97 Å². The Morgan fingerprint density at radius 1 is 1.03 bits per heavy atom. The lowest BCUT2D eigenvalue weighted by molar-refractivity contribution is 0.0342. The summed E-state index contributed by atoms with van der Waals surface area (Å²) in [6.07, 6.45) is 0. The SMILES string of the molecule is CCOC(=O)c1cc(C)nc(-c2ccc(C#Cc3ccc(CN4CCOCC4)cc3)cc2)c1OC. The Morgan fingerprint density at radius 2 is 1.66 bits per heavy atom. The summed E-state index contributed by atoms with van der Waals surface area (Å²) in [5.74, 6) is 6.45. The second kappa shape index (κ2) is 11.7. The number of nitrogens with zero attached hydrogens (tertiary/aromatic N) is 2. The summed E-state index contributed by atoms with van der Waals surface area (Å²) >= 11 is 0. The van der Waals surface area contributed by atoms with E-state index in [2.05, 4.69) is 46.0 Å². The maximum absolute atomic E-state index is 12.4. The monoisotopic (exact) mass is 470 g/mol. The zero-order valence-electron chi connectivity index (χ0n) is 20.5. The van der Waals surface area contributed by atoms with Gasteiger partial charge in [-0.1, -0.05) is 36.1 Å². The molecular formula is C29H30N2O4. The standard InChI is InChI=1S/C29H30N2O4/c1-4-35-29(32)26-19-21(2)30-27(28(26)33-3)25-13-11-23(12-14-25)6-5-22-7-9-24(10-8-22)20-31-15-17-34-18-16-31/h7-14,19H,4,15-18,20H2,1-3H3. The van der Waals surface area contributed by atoms with E-state index >= 15 is 0 Å². The number of pyridine rings is 1. The Morgan fingerprint density at radius 3 is 2.26 bits per heavy atom. The maximum Gasteiger partial charge on any atom is 0.342 e. The lowest BCUT2D eigenvalue weighted by atomic mass is 10.0. The molecule has 35 heavy (non-hydrogen) atoms. The summed E-state index contributed by atoms with van der Waals surface area (Å²) in [5.41, 5.74) is 5.68. The van der Waals surface area contributed by atoms with E-state index in [-0.39, 0.29) is 0 Å². The highest BCUT2D eigenvalue weighted by molar-refractivity contribution is 5.95. The van der Waals surface area contributed by atoms with Gasteiger partial charge in [-0.15, -0.1) is 0 Å². The topological polar surface area (TPSA) is 60.9 Å². The molecule has 0 bridgehead atoms. The summed E-state index contributed by atoms with van der Waals surface area (Å²) in [6.45, 7) is 8.42. The van der Waals surface area contributed by atoms with E-state index in [0.29, 0.717) is 29.3 Å². The van der Waals surface area contributed by atoms with E-state index in [4.69, 9.17) is 14.2 Å². The summed E-state index contributed by atoms with van der Waals surface area (Å²) in [6, 6.07) is 17.9. The van der Waals surface area contributed by atoms with Crippen molar-refractivity contribution in [2.24, 2.45) is 0 Å². The smallest absolute Gasteiger partial charge is 0.342 e. The number of ether oxygens (including phenoxy) is 3. The van der Waals surface area contributed by atoms with Gasteiger partial charge in [0.25, 0.3) is 0 Å². The molecule has 6 heteroatoms. The van der Waals surface area contributed by atoms with Gasteiger partial charge in [-0.25, -0.2) is 9.78 Å². The minimum atomic E-state index is -0.422. The van der Waals surface area contributed by atoms with E-state index in [9.17, 15) is 4.79 Å². The number of rotatable bonds is 6. The van der Waals surface area contributed by atoms with Gasteiger partial charge in [-0.2, -0.15) is 0 Å². The Balaban J connectivity index is 1.49. The largest absolute Gasteiger partial charge is 0.494 e. The molecule has 1 aromatic heterocycles. The van der Waals surface area contributed by atoms with Crippen LogP contribution in [-0.2, 0) is 16.0 Å². The van der Waals surface area contributed by atoms with E-state index in [1.54, 1.807) is 13.0 Å². The second-order valence-electron chi connectivity index (χ2n) is 8.33. The average molecular weight is 471 g/mol. The Bertz CT molecular complexity index is 1220. The first kappa shape index (κ1) is 24.5. The van der Waals surface area contributed by atoms with Gasteiger partial charge in [0.1, 0.15) is 11.3 Å². The van der Waals surface area contributed by atoms with Crippen molar-refractivity contribution in [1.82, 2.24) is 9.88 Å².